The van der Waals surface area contributed by atoms with Crippen LogP contribution in [0, 0.1) is 0 Å². The molecule has 2 aliphatic heterocycles. The fourth-order valence-electron chi connectivity index (χ4n) is 4.18. The molecule has 1 aromatic heterocycles. The molecule has 31 heavy (non-hydrogen) atoms. The monoisotopic (exact) mass is 436 g/mol. The van der Waals surface area contributed by atoms with Crippen LogP contribution < -0.4 is 9.80 Å². The Hall–Kier alpha value is -3.24. The van der Waals surface area contributed by atoms with E-state index in [2.05, 4.69) is 15.5 Å². The summed E-state index contributed by atoms with van der Waals surface area (Å²) in [6, 6.07) is 15.0. The number of carbonyl (C=O) groups is 2. The lowest BCUT2D eigenvalue weighted by molar-refractivity contribution is -0.152. The van der Waals surface area contributed by atoms with E-state index in [1.54, 1.807) is 11.9 Å². The fourth-order valence-corrected chi connectivity index (χ4v) is 4.88. The Balaban J connectivity index is 1.62. The van der Waals surface area contributed by atoms with Gasteiger partial charge in [0, 0.05) is 24.7 Å². The number of aromatic nitrogens is 4. The van der Waals surface area contributed by atoms with Crippen molar-refractivity contribution in [3.8, 4) is 0 Å². The zero-order valence-corrected chi connectivity index (χ0v) is 17.9. The van der Waals surface area contributed by atoms with Gasteiger partial charge in [0.1, 0.15) is 0 Å². The number of fused-ring (bicyclic) bond motifs is 3. The van der Waals surface area contributed by atoms with Gasteiger partial charge < -0.3 is 9.64 Å². The molecule has 2 aromatic carbocycles. The zero-order chi connectivity index (χ0) is 21.6. The van der Waals surface area contributed by atoms with Crippen LogP contribution in [0.15, 0.2) is 53.7 Å². The molecule has 0 N–H and O–H groups in total. The molecular formula is C21H20N6O3S. The summed E-state index contributed by atoms with van der Waals surface area (Å²) in [5.41, 5.74) is 1.44. The summed E-state index contributed by atoms with van der Waals surface area (Å²) in [4.78, 5) is 30.6. The lowest BCUT2D eigenvalue weighted by Gasteiger charge is -2.43. The molecule has 0 fully saturated rings. The van der Waals surface area contributed by atoms with Crippen LogP contribution in [0.3, 0.4) is 0 Å². The average Bonchev–Trinajstić information content (AvgIpc) is 3.31. The molecule has 0 saturated carbocycles. The number of hydrogen-bond acceptors (Lipinski definition) is 7. The first-order valence-electron chi connectivity index (χ1n) is 9.89. The smallest absolute Gasteiger partial charge is 0.286 e. The van der Waals surface area contributed by atoms with E-state index in [9.17, 15) is 9.59 Å². The largest absolute Gasteiger partial charge is 0.338 e. The third-order valence-corrected chi connectivity index (χ3v) is 6.55. The van der Waals surface area contributed by atoms with Gasteiger partial charge in [0.25, 0.3) is 11.6 Å². The lowest BCUT2D eigenvalue weighted by atomic mass is 9.97. The van der Waals surface area contributed by atoms with Gasteiger partial charge in [-0.2, -0.15) is 0 Å². The molecule has 0 radical (unpaired) electrons. The Bertz CT molecular complexity index is 1180. The van der Waals surface area contributed by atoms with Gasteiger partial charge >= 0.3 is 0 Å². The van der Waals surface area contributed by atoms with E-state index in [4.69, 9.17) is 4.74 Å². The predicted molar refractivity (Wildman–Crippen MR) is 114 cm³/mol. The minimum atomic E-state index is -1.53. The molecule has 0 saturated heterocycles. The minimum absolute atomic E-state index is 0.0508. The molecule has 158 valence electrons. The summed E-state index contributed by atoms with van der Waals surface area (Å²) in [6.45, 7) is 2.62. The number of anilines is 2. The highest BCUT2D eigenvalue weighted by Gasteiger charge is 2.59. The van der Waals surface area contributed by atoms with Crippen molar-refractivity contribution in [3.63, 3.8) is 0 Å². The van der Waals surface area contributed by atoms with Gasteiger partial charge in [0.2, 0.25) is 11.1 Å². The van der Waals surface area contributed by atoms with Crippen LogP contribution in [0.25, 0.3) is 0 Å². The number of aryl methyl sites for hydroxylation is 1. The number of benzene rings is 2. The SMILES string of the molecule is CCN1C(=O)C2(OCc3ccccc3N2C(=O)CSc2nnnn2C)c2ccccc21. The Morgan fingerprint density at radius 1 is 1.16 bits per heavy atom. The molecule has 10 heteroatoms. The molecule has 0 bridgehead atoms. The first-order valence-corrected chi connectivity index (χ1v) is 10.9. The van der Waals surface area contributed by atoms with E-state index in [0.717, 1.165) is 11.3 Å². The Kier molecular flexibility index (Phi) is 4.75. The van der Waals surface area contributed by atoms with Gasteiger partial charge in [-0.3, -0.25) is 14.5 Å². The molecule has 5 rings (SSSR count). The van der Waals surface area contributed by atoms with Gasteiger partial charge in [-0.1, -0.05) is 48.2 Å². The summed E-state index contributed by atoms with van der Waals surface area (Å²) in [5.74, 6) is -0.472. The van der Waals surface area contributed by atoms with Crippen LogP contribution >= 0.6 is 11.8 Å². The van der Waals surface area contributed by atoms with Crippen LogP contribution in [-0.4, -0.2) is 44.3 Å². The number of amides is 2. The standard InChI is InChI=1S/C21H20N6O3S/c1-3-26-17-11-7-5-9-15(17)21(19(26)29)27(16-10-6-4-8-14(16)12-30-21)18(28)13-31-20-22-23-24-25(20)2/h4-11H,3,12-13H2,1-2H3. The molecule has 0 aliphatic carbocycles. The van der Waals surface area contributed by atoms with Crippen molar-refractivity contribution in [1.29, 1.82) is 0 Å². The molecule has 9 nitrogen and oxygen atoms in total. The molecule has 3 heterocycles. The van der Waals surface area contributed by atoms with Crippen molar-refractivity contribution in [3.05, 3.63) is 59.7 Å². The number of hydrogen-bond donors (Lipinski definition) is 0. The third-order valence-electron chi connectivity index (χ3n) is 5.55. The maximum absolute atomic E-state index is 13.7. The molecule has 3 aromatic rings. The number of thioether (sulfide) groups is 1. The van der Waals surface area contributed by atoms with E-state index >= 15 is 0 Å². The van der Waals surface area contributed by atoms with Crippen LogP contribution in [0.5, 0.6) is 0 Å². The Labute approximate surface area is 183 Å². The Morgan fingerprint density at radius 3 is 2.65 bits per heavy atom. The number of carbonyl (C=O) groups excluding carboxylic acids is 2. The van der Waals surface area contributed by atoms with Crippen LogP contribution in [-0.2, 0) is 33.7 Å². The van der Waals surface area contributed by atoms with Crippen LogP contribution in [0.2, 0.25) is 0 Å². The average molecular weight is 436 g/mol. The zero-order valence-electron chi connectivity index (χ0n) is 17.1. The van der Waals surface area contributed by atoms with Gasteiger partial charge in [-0.25, -0.2) is 4.68 Å². The van der Waals surface area contributed by atoms with Crippen LogP contribution in [0.1, 0.15) is 18.1 Å². The minimum Gasteiger partial charge on any atom is -0.338 e. The lowest BCUT2D eigenvalue weighted by Crippen LogP contribution is -2.60. The molecule has 1 unspecified atom stereocenters. The number of rotatable bonds is 4. The number of ether oxygens (including phenoxy) is 1. The van der Waals surface area contributed by atoms with E-state index in [1.165, 1.54) is 21.3 Å². The van der Waals surface area contributed by atoms with Crippen molar-refractivity contribution in [2.24, 2.45) is 7.05 Å². The highest BCUT2D eigenvalue weighted by atomic mass is 32.2. The van der Waals surface area contributed by atoms with Crippen molar-refractivity contribution in [2.75, 3.05) is 22.1 Å². The van der Waals surface area contributed by atoms with Crippen molar-refractivity contribution < 1.29 is 14.3 Å². The summed E-state index contributed by atoms with van der Waals surface area (Å²) in [6.07, 6.45) is 0. The van der Waals surface area contributed by atoms with E-state index < -0.39 is 5.72 Å². The quantitative estimate of drug-likeness (QED) is 0.578. The van der Waals surface area contributed by atoms with E-state index in [0.29, 0.717) is 23.0 Å². The van der Waals surface area contributed by atoms with E-state index in [-0.39, 0.29) is 24.2 Å². The highest BCUT2D eigenvalue weighted by molar-refractivity contribution is 7.99. The Morgan fingerprint density at radius 2 is 1.90 bits per heavy atom. The summed E-state index contributed by atoms with van der Waals surface area (Å²) in [5, 5.41) is 11.9. The number of nitrogens with zero attached hydrogens (tertiary/aromatic N) is 6. The number of likely N-dealkylation sites (N-methyl/N-ethyl adjacent to an activating group) is 1. The maximum atomic E-state index is 13.7. The first kappa shape index (κ1) is 19.7. The summed E-state index contributed by atoms with van der Waals surface area (Å²) in [7, 11) is 1.71. The highest BCUT2D eigenvalue weighted by Crippen LogP contribution is 2.50. The van der Waals surface area contributed by atoms with Crippen LogP contribution in [0.4, 0.5) is 11.4 Å². The topological polar surface area (TPSA) is 93.4 Å². The van der Waals surface area contributed by atoms with Gasteiger partial charge in [-0.05, 0) is 29.5 Å². The number of tetrazole rings is 1. The number of para-hydroxylation sites is 2. The molecule has 1 atom stereocenters. The molecule has 1 spiro atoms. The fraction of sp³-hybridized carbons (Fsp3) is 0.286. The predicted octanol–water partition coefficient (Wildman–Crippen LogP) is 2.09. The molecule has 2 amide bonds. The maximum Gasteiger partial charge on any atom is 0.286 e. The van der Waals surface area contributed by atoms with Gasteiger partial charge in [-0.15, -0.1) is 5.10 Å². The summed E-state index contributed by atoms with van der Waals surface area (Å²) < 4.78 is 7.78. The third kappa shape index (κ3) is 2.86. The van der Waals surface area contributed by atoms with Crippen molar-refractivity contribution >= 4 is 35.0 Å². The second-order valence-electron chi connectivity index (χ2n) is 7.23. The first-order chi connectivity index (χ1) is 15.1. The van der Waals surface area contributed by atoms with E-state index in [1.807, 2.05) is 55.5 Å². The van der Waals surface area contributed by atoms with Crippen molar-refractivity contribution in [1.82, 2.24) is 20.2 Å². The molecule has 2 aliphatic rings. The summed E-state index contributed by atoms with van der Waals surface area (Å²) >= 11 is 1.22. The van der Waals surface area contributed by atoms with Gasteiger partial charge in [0.05, 0.1) is 23.7 Å². The van der Waals surface area contributed by atoms with Gasteiger partial charge in [0.15, 0.2) is 0 Å². The second kappa shape index (κ2) is 7.47. The van der Waals surface area contributed by atoms with Crippen molar-refractivity contribution in [2.45, 2.75) is 24.4 Å². The second-order valence-corrected chi connectivity index (χ2v) is 8.17. The normalized spacial score (nSPS) is 19.6. The molecular weight excluding hydrogens is 416 g/mol.